The highest BCUT2D eigenvalue weighted by molar-refractivity contribution is 5.97. The van der Waals surface area contributed by atoms with Crippen LogP contribution in [0.1, 0.15) is 56.8 Å². The maximum atomic E-state index is 13.8. The number of likely N-dealkylation sites (tertiary alicyclic amines) is 1. The summed E-state index contributed by atoms with van der Waals surface area (Å²) in [5, 5.41) is 6.37. The second-order valence-corrected chi connectivity index (χ2v) is 9.49. The van der Waals surface area contributed by atoms with E-state index in [1.807, 2.05) is 20.8 Å². The zero-order chi connectivity index (χ0) is 22.5. The first-order chi connectivity index (χ1) is 14.7. The van der Waals surface area contributed by atoms with E-state index in [9.17, 15) is 14.0 Å². The van der Waals surface area contributed by atoms with Crippen LogP contribution in [0.5, 0.6) is 5.75 Å². The van der Waals surface area contributed by atoms with Crippen LogP contribution in [0.25, 0.3) is 0 Å². The summed E-state index contributed by atoms with van der Waals surface area (Å²) in [7, 11) is 0. The molecule has 0 aliphatic carbocycles. The van der Waals surface area contributed by atoms with E-state index >= 15 is 0 Å². The zero-order valence-corrected chi connectivity index (χ0v) is 18.8. The molecule has 0 radical (unpaired) electrons. The Labute approximate surface area is 183 Å². The van der Waals surface area contributed by atoms with Gasteiger partial charge in [0, 0.05) is 26.2 Å². The molecule has 1 fully saturated rings. The minimum Gasteiger partial charge on any atom is -0.491 e. The Morgan fingerprint density at radius 3 is 2.65 bits per heavy atom. The van der Waals surface area contributed by atoms with Gasteiger partial charge in [-0.3, -0.25) is 4.79 Å². The number of amides is 2. The van der Waals surface area contributed by atoms with Gasteiger partial charge in [0.2, 0.25) is 0 Å². The van der Waals surface area contributed by atoms with Crippen molar-refractivity contribution in [3.05, 3.63) is 29.6 Å². The molecule has 172 valence electrons. The lowest BCUT2D eigenvalue weighted by molar-refractivity contribution is 0.00855. The molecule has 2 amide bonds. The van der Waals surface area contributed by atoms with Crippen molar-refractivity contribution in [2.24, 2.45) is 5.41 Å². The third-order valence-corrected chi connectivity index (χ3v) is 5.88. The van der Waals surface area contributed by atoms with E-state index in [0.29, 0.717) is 38.5 Å². The van der Waals surface area contributed by atoms with Gasteiger partial charge in [0.15, 0.2) is 0 Å². The van der Waals surface area contributed by atoms with Crippen molar-refractivity contribution in [2.45, 2.75) is 52.1 Å². The van der Waals surface area contributed by atoms with Crippen molar-refractivity contribution in [1.82, 2.24) is 15.5 Å². The second-order valence-electron chi connectivity index (χ2n) is 9.49. The van der Waals surface area contributed by atoms with Gasteiger partial charge >= 0.3 is 6.09 Å². The molecule has 0 unspecified atom stereocenters. The number of piperidine rings is 1. The van der Waals surface area contributed by atoms with E-state index in [2.05, 4.69) is 10.6 Å². The molecule has 1 saturated heterocycles. The lowest BCUT2D eigenvalue weighted by atomic mass is 9.74. The van der Waals surface area contributed by atoms with Gasteiger partial charge in [-0.05, 0) is 76.6 Å². The fourth-order valence-electron chi connectivity index (χ4n) is 4.12. The second kappa shape index (κ2) is 9.85. The summed E-state index contributed by atoms with van der Waals surface area (Å²) in [5.74, 6) is -0.426. The fraction of sp³-hybridized carbons (Fsp3) is 0.652. The Balaban J connectivity index is 1.70. The van der Waals surface area contributed by atoms with Crippen LogP contribution in [0.15, 0.2) is 18.2 Å². The van der Waals surface area contributed by atoms with Gasteiger partial charge in [0.05, 0.1) is 5.56 Å². The minimum absolute atomic E-state index is 0.113. The number of nitrogens with one attached hydrogen (secondary N) is 2. The van der Waals surface area contributed by atoms with Crippen LogP contribution < -0.4 is 15.4 Å². The molecule has 1 aromatic carbocycles. The standard InChI is InChI=1S/C23H34FN3O4/c1-22(2,3)31-21(29)27-12-8-23(9-13-27)7-4-10-25-11-14-30-19-6-5-17(24)15-18(19)20(28)26-16-23/h5-6,15,25H,4,7-14,16H2,1-3H3,(H,26,28). The zero-order valence-electron chi connectivity index (χ0n) is 18.8. The lowest BCUT2D eigenvalue weighted by Crippen LogP contribution is -2.49. The summed E-state index contributed by atoms with van der Waals surface area (Å²) in [5.41, 5.74) is -0.429. The predicted octanol–water partition coefficient (Wildman–Crippen LogP) is 3.34. The minimum atomic E-state index is -0.526. The van der Waals surface area contributed by atoms with Crippen LogP contribution in [0, 0.1) is 11.2 Å². The molecule has 1 spiro atoms. The summed E-state index contributed by atoms with van der Waals surface area (Å²) in [6.45, 7) is 9.14. The van der Waals surface area contributed by atoms with Crippen molar-refractivity contribution < 1.29 is 23.5 Å². The Morgan fingerprint density at radius 1 is 1.19 bits per heavy atom. The van der Waals surface area contributed by atoms with Gasteiger partial charge in [0.25, 0.3) is 5.91 Å². The van der Waals surface area contributed by atoms with Crippen molar-refractivity contribution in [1.29, 1.82) is 0 Å². The molecule has 2 N–H and O–H groups in total. The fourth-order valence-corrected chi connectivity index (χ4v) is 4.12. The number of halogens is 1. The highest BCUT2D eigenvalue weighted by atomic mass is 19.1. The van der Waals surface area contributed by atoms with E-state index in [4.69, 9.17) is 9.47 Å². The highest BCUT2D eigenvalue weighted by Gasteiger charge is 2.37. The summed E-state index contributed by atoms with van der Waals surface area (Å²) >= 11 is 0. The Morgan fingerprint density at radius 2 is 1.94 bits per heavy atom. The van der Waals surface area contributed by atoms with Crippen LogP contribution in [-0.4, -0.2) is 61.8 Å². The summed E-state index contributed by atoms with van der Waals surface area (Å²) in [6.07, 6.45) is 3.15. The lowest BCUT2D eigenvalue weighted by Gasteiger charge is -2.42. The smallest absolute Gasteiger partial charge is 0.410 e. The molecule has 0 saturated carbocycles. The number of nitrogens with zero attached hydrogens (tertiary/aromatic N) is 1. The average Bonchev–Trinajstić information content (AvgIpc) is 2.72. The number of hydrogen-bond donors (Lipinski definition) is 2. The van der Waals surface area contributed by atoms with E-state index in [1.54, 1.807) is 4.90 Å². The number of hydrogen-bond acceptors (Lipinski definition) is 5. The summed E-state index contributed by atoms with van der Waals surface area (Å²) in [4.78, 5) is 27.0. The van der Waals surface area contributed by atoms with E-state index in [1.165, 1.54) is 18.2 Å². The molecule has 2 aliphatic heterocycles. The maximum Gasteiger partial charge on any atom is 0.410 e. The average molecular weight is 436 g/mol. The van der Waals surface area contributed by atoms with Gasteiger partial charge in [-0.25, -0.2) is 9.18 Å². The van der Waals surface area contributed by atoms with Crippen molar-refractivity contribution >= 4 is 12.0 Å². The van der Waals surface area contributed by atoms with E-state index in [0.717, 1.165) is 32.2 Å². The van der Waals surface area contributed by atoms with Gasteiger partial charge in [-0.2, -0.15) is 0 Å². The molecule has 8 heteroatoms. The Kier molecular flexibility index (Phi) is 7.41. The number of rotatable bonds is 0. The molecule has 31 heavy (non-hydrogen) atoms. The van der Waals surface area contributed by atoms with Crippen LogP contribution in [0.3, 0.4) is 0 Å². The van der Waals surface area contributed by atoms with Gasteiger partial charge in [0.1, 0.15) is 23.8 Å². The number of carbonyl (C=O) groups excluding carboxylic acids is 2. The van der Waals surface area contributed by atoms with Crippen molar-refractivity contribution in [2.75, 3.05) is 39.3 Å². The van der Waals surface area contributed by atoms with Crippen LogP contribution in [0.4, 0.5) is 9.18 Å². The number of ether oxygens (including phenoxy) is 2. The molecule has 3 rings (SSSR count). The quantitative estimate of drug-likeness (QED) is 0.653. The Hall–Kier alpha value is -2.35. The molecule has 2 aliphatic rings. The monoisotopic (exact) mass is 435 g/mol. The predicted molar refractivity (Wildman–Crippen MR) is 116 cm³/mol. The molecule has 1 aromatic rings. The topological polar surface area (TPSA) is 79.9 Å². The van der Waals surface area contributed by atoms with Crippen molar-refractivity contribution in [3.63, 3.8) is 0 Å². The molecule has 0 aromatic heterocycles. The first-order valence-corrected chi connectivity index (χ1v) is 11.1. The van der Waals surface area contributed by atoms with Gasteiger partial charge in [-0.1, -0.05) is 0 Å². The first kappa shape index (κ1) is 23.3. The Bertz CT molecular complexity index is 786. The number of benzene rings is 1. The number of fused-ring (bicyclic) bond motifs is 1. The van der Waals surface area contributed by atoms with Crippen LogP contribution >= 0.6 is 0 Å². The van der Waals surface area contributed by atoms with E-state index < -0.39 is 11.4 Å². The van der Waals surface area contributed by atoms with Gasteiger partial charge in [-0.15, -0.1) is 0 Å². The molecule has 2 heterocycles. The molecule has 0 bridgehead atoms. The third-order valence-electron chi connectivity index (χ3n) is 5.88. The largest absolute Gasteiger partial charge is 0.491 e. The highest BCUT2D eigenvalue weighted by Crippen LogP contribution is 2.36. The number of carbonyl (C=O) groups is 2. The SMILES string of the molecule is CC(C)(C)OC(=O)N1CCC2(CCCNCCOc3ccc(F)cc3C(=O)NC2)CC1. The molecular weight excluding hydrogens is 401 g/mol. The van der Waals surface area contributed by atoms with E-state index in [-0.39, 0.29) is 23.0 Å². The summed E-state index contributed by atoms with van der Waals surface area (Å²) < 4.78 is 25.0. The third kappa shape index (κ3) is 6.56. The normalized spacial score (nSPS) is 20.4. The summed E-state index contributed by atoms with van der Waals surface area (Å²) in [6, 6.07) is 4.01. The first-order valence-electron chi connectivity index (χ1n) is 11.1. The van der Waals surface area contributed by atoms with Gasteiger partial charge < -0.3 is 25.0 Å². The van der Waals surface area contributed by atoms with Crippen LogP contribution in [-0.2, 0) is 4.74 Å². The molecule has 7 nitrogen and oxygen atoms in total. The molecule has 0 atom stereocenters. The van der Waals surface area contributed by atoms with Crippen molar-refractivity contribution in [3.8, 4) is 5.75 Å². The molecular formula is C23H34FN3O4. The maximum absolute atomic E-state index is 13.8. The van der Waals surface area contributed by atoms with Crippen LogP contribution in [0.2, 0.25) is 0 Å².